The molecule has 0 aromatic heterocycles. The van der Waals surface area contributed by atoms with Crippen LogP contribution < -0.4 is 0 Å². The highest BCUT2D eigenvalue weighted by Gasteiger charge is 2.42. The molecule has 7 nitrogen and oxygen atoms in total. The lowest BCUT2D eigenvalue weighted by atomic mass is 10.2. The summed E-state index contributed by atoms with van der Waals surface area (Å²) in [6.45, 7) is -0.410. The van der Waals surface area contributed by atoms with Crippen LogP contribution in [0.2, 0.25) is 0 Å². The van der Waals surface area contributed by atoms with Crippen molar-refractivity contribution in [1.29, 1.82) is 0 Å². The lowest BCUT2D eigenvalue weighted by molar-refractivity contribution is -0.137. The summed E-state index contributed by atoms with van der Waals surface area (Å²) in [5.74, 6) is -0.891. The number of carbonyl (C=O) groups is 2. The van der Waals surface area contributed by atoms with Gasteiger partial charge in [-0.25, -0.2) is 13.2 Å². The molecular weight excluding hydrogens is 334 g/mol. The van der Waals surface area contributed by atoms with E-state index in [4.69, 9.17) is 4.74 Å². The summed E-state index contributed by atoms with van der Waals surface area (Å²) in [5.41, 5.74) is 0.238. The third-order valence-electron chi connectivity index (χ3n) is 4.26. The van der Waals surface area contributed by atoms with Crippen LogP contribution in [0.5, 0.6) is 5.75 Å². The number of ether oxygens (including phenoxy) is 1. The highest BCUT2D eigenvalue weighted by Crippen LogP contribution is 2.32. The van der Waals surface area contributed by atoms with Gasteiger partial charge in [0, 0.05) is 12.1 Å². The van der Waals surface area contributed by atoms with Crippen molar-refractivity contribution in [1.82, 2.24) is 4.90 Å². The molecule has 2 fully saturated rings. The fourth-order valence-electron chi connectivity index (χ4n) is 2.94. The zero-order valence-electron chi connectivity index (χ0n) is 13.1. The monoisotopic (exact) mass is 353 g/mol. The molecule has 1 aromatic carbocycles. The number of carbonyl (C=O) groups excluding carboxylic acids is 2. The summed E-state index contributed by atoms with van der Waals surface area (Å²) in [5, 5.41) is 9.20. The molecule has 1 heterocycles. The van der Waals surface area contributed by atoms with Crippen molar-refractivity contribution in [2.45, 2.75) is 31.3 Å². The van der Waals surface area contributed by atoms with Crippen molar-refractivity contribution >= 4 is 21.7 Å². The predicted octanol–water partition coefficient (Wildman–Crippen LogP) is 0.727. The third kappa shape index (κ3) is 3.87. The first-order valence-electron chi connectivity index (χ1n) is 7.83. The maximum absolute atomic E-state index is 12.4. The Bertz CT molecular complexity index is 738. The molecule has 1 amide bonds. The molecule has 1 aromatic rings. The van der Waals surface area contributed by atoms with Gasteiger partial charge in [0.05, 0.1) is 17.1 Å². The third-order valence-corrected chi connectivity index (χ3v) is 6.01. The van der Waals surface area contributed by atoms with Crippen LogP contribution in [0.4, 0.5) is 0 Å². The second kappa shape index (κ2) is 6.43. The highest BCUT2D eigenvalue weighted by molar-refractivity contribution is 7.91. The van der Waals surface area contributed by atoms with E-state index in [0.29, 0.717) is 6.42 Å². The molecule has 2 aliphatic rings. The van der Waals surface area contributed by atoms with Crippen molar-refractivity contribution in [2.24, 2.45) is 0 Å². The van der Waals surface area contributed by atoms with Gasteiger partial charge in [-0.1, -0.05) is 0 Å². The topological polar surface area (TPSA) is 101 Å². The second-order valence-electron chi connectivity index (χ2n) is 6.21. The van der Waals surface area contributed by atoms with Crippen LogP contribution in [0, 0.1) is 0 Å². The molecule has 0 unspecified atom stereocenters. The second-order valence-corrected chi connectivity index (χ2v) is 8.44. The van der Waals surface area contributed by atoms with Crippen LogP contribution in [-0.4, -0.2) is 60.5 Å². The Morgan fingerprint density at radius 1 is 1.12 bits per heavy atom. The van der Waals surface area contributed by atoms with Gasteiger partial charge in [0.25, 0.3) is 5.91 Å². The normalized spacial score (nSPS) is 22.1. The molecular formula is C16H19NO6S. The summed E-state index contributed by atoms with van der Waals surface area (Å²) in [7, 11) is -3.08. The van der Waals surface area contributed by atoms with E-state index in [1.807, 2.05) is 0 Å². The molecule has 1 saturated carbocycles. The number of esters is 1. The molecule has 0 spiro atoms. The first-order valence-corrected chi connectivity index (χ1v) is 9.65. The van der Waals surface area contributed by atoms with Crippen molar-refractivity contribution in [3.05, 3.63) is 29.8 Å². The van der Waals surface area contributed by atoms with Crippen LogP contribution in [0.15, 0.2) is 24.3 Å². The van der Waals surface area contributed by atoms with Crippen molar-refractivity contribution < 1.29 is 27.9 Å². The van der Waals surface area contributed by atoms with E-state index in [2.05, 4.69) is 0 Å². The molecule has 1 aliphatic heterocycles. The smallest absolute Gasteiger partial charge is 0.338 e. The number of amides is 1. The summed E-state index contributed by atoms with van der Waals surface area (Å²) >= 11 is 0. The van der Waals surface area contributed by atoms with Crippen LogP contribution in [0.1, 0.15) is 29.6 Å². The quantitative estimate of drug-likeness (QED) is 0.783. The Labute approximate surface area is 140 Å². The van der Waals surface area contributed by atoms with E-state index >= 15 is 0 Å². The number of hydrogen-bond acceptors (Lipinski definition) is 6. The molecule has 1 N–H and O–H groups in total. The van der Waals surface area contributed by atoms with E-state index in [-0.39, 0.29) is 40.8 Å². The lowest BCUT2D eigenvalue weighted by Gasteiger charge is -2.28. The van der Waals surface area contributed by atoms with Crippen molar-refractivity contribution in [3.63, 3.8) is 0 Å². The summed E-state index contributed by atoms with van der Waals surface area (Å²) in [4.78, 5) is 25.9. The van der Waals surface area contributed by atoms with E-state index in [1.54, 1.807) is 4.90 Å². The van der Waals surface area contributed by atoms with Crippen molar-refractivity contribution in [2.75, 3.05) is 18.1 Å². The number of nitrogens with zero attached hydrogens (tertiary/aromatic N) is 1. The van der Waals surface area contributed by atoms with Crippen LogP contribution in [0.25, 0.3) is 0 Å². The molecule has 24 heavy (non-hydrogen) atoms. The van der Waals surface area contributed by atoms with Gasteiger partial charge in [-0.15, -0.1) is 0 Å². The molecule has 1 atom stereocenters. The number of benzene rings is 1. The van der Waals surface area contributed by atoms with Gasteiger partial charge in [-0.05, 0) is 43.5 Å². The SMILES string of the molecule is O=C(OCC(=O)N(C1CC1)[C@@H]1CCS(=O)(=O)C1)c1ccc(O)cc1. The van der Waals surface area contributed by atoms with E-state index in [9.17, 15) is 23.1 Å². The summed E-state index contributed by atoms with van der Waals surface area (Å²) in [6, 6.07) is 5.27. The average molecular weight is 353 g/mol. The van der Waals surface area contributed by atoms with Gasteiger partial charge >= 0.3 is 5.97 Å². The summed E-state index contributed by atoms with van der Waals surface area (Å²) < 4.78 is 28.3. The van der Waals surface area contributed by atoms with E-state index < -0.39 is 22.4 Å². The number of sulfone groups is 1. The Morgan fingerprint density at radius 3 is 2.33 bits per heavy atom. The van der Waals surface area contributed by atoms with Crippen LogP contribution in [-0.2, 0) is 19.4 Å². The maximum atomic E-state index is 12.4. The number of rotatable bonds is 5. The van der Waals surface area contributed by atoms with Crippen molar-refractivity contribution in [3.8, 4) is 5.75 Å². The van der Waals surface area contributed by atoms with Crippen LogP contribution in [0.3, 0.4) is 0 Å². The molecule has 8 heteroatoms. The Morgan fingerprint density at radius 2 is 1.79 bits per heavy atom. The standard InChI is InChI=1S/C16H19NO6S/c18-14-5-1-11(2-6-14)16(20)23-9-15(19)17(12-3-4-12)13-7-8-24(21,22)10-13/h1-2,5-6,12-13,18H,3-4,7-10H2/t13-/m1/s1. The Balaban J connectivity index is 1.60. The van der Waals surface area contributed by atoms with Gasteiger partial charge in [0.1, 0.15) is 5.75 Å². The number of hydrogen-bond donors (Lipinski definition) is 1. The van der Waals surface area contributed by atoms with E-state index in [1.165, 1.54) is 24.3 Å². The first-order chi connectivity index (χ1) is 11.4. The highest BCUT2D eigenvalue weighted by atomic mass is 32.2. The summed E-state index contributed by atoms with van der Waals surface area (Å²) in [6.07, 6.45) is 2.15. The number of aromatic hydroxyl groups is 1. The number of phenols is 1. The number of phenolic OH excluding ortho intramolecular Hbond substituents is 1. The Kier molecular flexibility index (Phi) is 4.49. The Hall–Kier alpha value is -2.09. The average Bonchev–Trinajstić information content (AvgIpc) is 3.29. The molecule has 1 aliphatic carbocycles. The van der Waals surface area contributed by atoms with Crippen LogP contribution >= 0.6 is 0 Å². The van der Waals surface area contributed by atoms with Gasteiger partial charge in [-0.3, -0.25) is 4.79 Å². The molecule has 3 rings (SSSR count). The minimum Gasteiger partial charge on any atom is -0.508 e. The fourth-order valence-corrected chi connectivity index (χ4v) is 4.65. The molecule has 0 bridgehead atoms. The predicted molar refractivity (Wildman–Crippen MR) is 85.3 cm³/mol. The minimum atomic E-state index is -3.08. The first kappa shape index (κ1) is 16.8. The van der Waals surface area contributed by atoms with E-state index in [0.717, 1.165) is 12.8 Å². The largest absolute Gasteiger partial charge is 0.508 e. The zero-order chi connectivity index (χ0) is 17.3. The lowest BCUT2D eigenvalue weighted by Crippen LogP contribution is -2.44. The molecule has 0 radical (unpaired) electrons. The minimum absolute atomic E-state index is 0.0127. The molecule has 1 saturated heterocycles. The van der Waals surface area contributed by atoms with Gasteiger partial charge in [-0.2, -0.15) is 0 Å². The zero-order valence-corrected chi connectivity index (χ0v) is 13.9. The maximum Gasteiger partial charge on any atom is 0.338 e. The fraction of sp³-hybridized carbons (Fsp3) is 0.500. The molecule has 130 valence electrons. The van der Waals surface area contributed by atoms with Gasteiger partial charge in [0.2, 0.25) is 0 Å². The van der Waals surface area contributed by atoms with Gasteiger partial charge in [0.15, 0.2) is 16.4 Å². The van der Waals surface area contributed by atoms with Gasteiger partial charge < -0.3 is 14.7 Å².